The molecule has 4 heteroatoms. The first kappa shape index (κ1) is 12.5. The lowest BCUT2D eigenvalue weighted by Crippen LogP contribution is -2.28. The van der Waals surface area contributed by atoms with Gasteiger partial charge in [-0.25, -0.2) is 0 Å². The molecule has 1 unspecified atom stereocenters. The van der Waals surface area contributed by atoms with Crippen molar-refractivity contribution >= 4 is 39.9 Å². The van der Waals surface area contributed by atoms with Crippen LogP contribution in [0.2, 0.25) is 5.02 Å². The first-order chi connectivity index (χ1) is 8.74. The van der Waals surface area contributed by atoms with Gasteiger partial charge in [0.2, 0.25) is 0 Å². The summed E-state index contributed by atoms with van der Waals surface area (Å²) in [4.78, 5) is 0. The van der Waals surface area contributed by atoms with E-state index in [4.69, 9.17) is 23.8 Å². The average Bonchev–Trinajstić information content (AvgIpc) is 2.38. The summed E-state index contributed by atoms with van der Waals surface area (Å²) in [6, 6.07) is 8.16. The van der Waals surface area contributed by atoms with Gasteiger partial charge in [0.05, 0.1) is 5.25 Å². The van der Waals surface area contributed by atoms with Crippen molar-refractivity contribution in [2.45, 2.75) is 30.9 Å². The molecule has 94 valence electrons. The summed E-state index contributed by atoms with van der Waals surface area (Å²) >= 11 is 13.1. The van der Waals surface area contributed by atoms with Gasteiger partial charge in [-0.2, -0.15) is 0 Å². The van der Waals surface area contributed by atoms with E-state index in [0.29, 0.717) is 5.25 Å². The van der Waals surface area contributed by atoms with Crippen molar-refractivity contribution in [2.24, 2.45) is 0 Å². The van der Waals surface area contributed by atoms with Crippen LogP contribution in [-0.2, 0) is 0 Å². The molecule has 1 N–H and O–H groups in total. The van der Waals surface area contributed by atoms with Crippen LogP contribution in [0.5, 0.6) is 0 Å². The molecule has 18 heavy (non-hydrogen) atoms. The van der Waals surface area contributed by atoms with Gasteiger partial charge < -0.3 is 5.32 Å². The summed E-state index contributed by atoms with van der Waals surface area (Å²) in [5.41, 5.74) is 4.20. The van der Waals surface area contributed by atoms with Gasteiger partial charge in [-0.3, -0.25) is 0 Å². The fourth-order valence-corrected chi connectivity index (χ4v) is 4.23. The largest absolute Gasteiger partial charge is 0.345 e. The van der Waals surface area contributed by atoms with Crippen LogP contribution in [0.1, 0.15) is 36.5 Å². The van der Waals surface area contributed by atoms with E-state index < -0.39 is 0 Å². The summed E-state index contributed by atoms with van der Waals surface area (Å²) in [6.07, 6.45) is 4.88. The maximum Gasteiger partial charge on any atom is 0.138 e. The average molecular weight is 296 g/mol. The number of rotatable bonds is 1. The van der Waals surface area contributed by atoms with Crippen molar-refractivity contribution in [3.05, 3.63) is 46.1 Å². The fraction of sp³-hybridized carbons (Fsp3) is 0.357. The zero-order valence-corrected chi connectivity index (χ0v) is 12.3. The second-order valence-electron chi connectivity index (χ2n) is 4.67. The predicted molar refractivity (Wildman–Crippen MR) is 83.0 cm³/mol. The van der Waals surface area contributed by atoms with E-state index >= 15 is 0 Å². The Morgan fingerprint density at radius 3 is 2.67 bits per heavy atom. The minimum Gasteiger partial charge on any atom is -0.345 e. The third-order valence-corrected chi connectivity index (χ3v) is 5.23. The van der Waals surface area contributed by atoms with Crippen LogP contribution in [0.25, 0.3) is 0 Å². The number of halogens is 1. The van der Waals surface area contributed by atoms with E-state index in [1.165, 1.54) is 36.1 Å². The highest BCUT2D eigenvalue weighted by atomic mass is 35.5. The lowest BCUT2D eigenvalue weighted by molar-refractivity contribution is 0.637. The van der Waals surface area contributed by atoms with Gasteiger partial charge in [0.25, 0.3) is 0 Å². The number of thioether (sulfide) groups is 1. The second kappa shape index (κ2) is 5.24. The first-order valence-corrected chi connectivity index (χ1v) is 7.85. The molecule has 1 atom stereocenters. The lowest BCUT2D eigenvalue weighted by Gasteiger charge is -2.32. The lowest BCUT2D eigenvalue weighted by atomic mass is 9.91. The standard InChI is InChI=1S/C14H14ClNS2/c15-10-7-5-9(6-8-10)13-11-3-1-2-4-12(11)16-14(17)18-13/h5-8,13H,1-4H2,(H,16,17). The van der Waals surface area contributed by atoms with Gasteiger partial charge in [0, 0.05) is 10.7 Å². The SMILES string of the molecule is S=C1NC2=C(CCCC2)C(c2ccc(Cl)cc2)S1. The molecule has 1 heterocycles. The van der Waals surface area contributed by atoms with Gasteiger partial charge in [-0.15, -0.1) is 0 Å². The van der Waals surface area contributed by atoms with E-state index in [1.807, 2.05) is 12.1 Å². The number of nitrogens with one attached hydrogen (secondary N) is 1. The molecule has 0 fully saturated rings. The van der Waals surface area contributed by atoms with Gasteiger partial charge in [-0.05, 0) is 49.0 Å². The number of benzene rings is 1. The molecule has 1 nitrogen and oxygen atoms in total. The molecule has 0 amide bonds. The third-order valence-electron chi connectivity index (χ3n) is 3.48. The molecule has 0 spiro atoms. The summed E-state index contributed by atoms with van der Waals surface area (Å²) in [7, 11) is 0. The van der Waals surface area contributed by atoms with Crippen LogP contribution in [0, 0.1) is 0 Å². The highest BCUT2D eigenvalue weighted by Crippen LogP contribution is 2.45. The van der Waals surface area contributed by atoms with Crippen molar-refractivity contribution < 1.29 is 0 Å². The molecule has 0 saturated heterocycles. The topological polar surface area (TPSA) is 12.0 Å². The molecule has 0 aromatic heterocycles. The molecule has 1 aliphatic carbocycles. The van der Waals surface area contributed by atoms with Crippen molar-refractivity contribution in [3.8, 4) is 0 Å². The number of hydrogen-bond donors (Lipinski definition) is 1. The Morgan fingerprint density at radius 2 is 1.89 bits per heavy atom. The van der Waals surface area contributed by atoms with Crippen LogP contribution >= 0.6 is 35.6 Å². The molecule has 1 aromatic rings. The molecular weight excluding hydrogens is 282 g/mol. The fourth-order valence-electron chi connectivity index (χ4n) is 2.60. The first-order valence-electron chi connectivity index (χ1n) is 6.19. The Morgan fingerprint density at radius 1 is 1.17 bits per heavy atom. The van der Waals surface area contributed by atoms with E-state index in [-0.39, 0.29) is 0 Å². The molecule has 2 aliphatic rings. The molecule has 0 saturated carbocycles. The Balaban J connectivity index is 1.98. The minimum atomic E-state index is 0.381. The maximum atomic E-state index is 5.96. The van der Waals surface area contributed by atoms with E-state index in [2.05, 4.69) is 17.4 Å². The summed E-state index contributed by atoms with van der Waals surface area (Å²) < 4.78 is 0.899. The maximum absolute atomic E-state index is 5.96. The van der Waals surface area contributed by atoms with Crippen molar-refractivity contribution in [2.75, 3.05) is 0 Å². The Kier molecular flexibility index (Phi) is 3.64. The highest BCUT2D eigenvalue weighted by molar-refractivity contribution is 8.23. The van der Waals surface area contributed by atoms with Crippen molar-refractivity contribution in [3.63, 3.8) is 0 Å². The molecule has 0 bridgehead atoms. The van der Waals surface area contributed by atoms with E-state index in [9.17, 15) is 0 Å². The predicted octanol–water partition coefficient (Wildman–Crippen LogP) is 4.83. The Bertz CT molecular complexity index is 507. The number of hydrogen-bond acceptors (Lipinski definition) is 2. The van der Waals surface area contributed by atoms with Gasteiger partial charge in [0.15, 0.2) is 0 Å². The number of thiocarbonyl (C=S) groups is 1. The summed E-state index contributed by atoms with van der Waals surface area (Å²) in [5, 5.41) is 4.55. The Labute approximate surface area is 122 Å². The van der Waals surface area contributed by atoms with Crippen LogP contribution in [-0.4, -0.2) is 4.32 Å². The third kappa shape index (κ3) is 2.44. The zero-order valence-electron chi connectivity index (χ0n) is 9.91. The molecule has 0 radical (unpaired) electrons. The van der Waals surface area contributed by atoms with Crippen molar-refractivity contribution in [1.29, 1.82) is 0 Å². The van der Waals surface area contributed by atoms with E-state index in [1.54, 1.807) is 11.8 Å². The molecule has 1 aromatic carbocycles. The van der Waals surface area contributed by atoms with Crippen LogP contribution < -0.4 is 5.32 Å². The van der Waals surface area contributed by atoms with E-state index in [0.717, 1.165) is 15.8 Å². The second-order valence-corrected chi connectivity index (χ2v) is 6.89. The van der Waals surface area contributed by atoms with Gasteiger partial charge >= 0.3 is 0 Å². The van der Waals surface area contributed by atoms with Gasteiger partial charge in [0.1, 0.15) is 4.32 Å². The number of allylic oxidation sites excluding steroid dienone is 1. The molecular formula is C14H14ClNS2. The highest BCUT2D eigenvalue weighted by Gasteiger charge is 2.29. The normalized spacial score (nSPS) is 23.6. The summed E-state index contributed by atoms with van der Waals surface area (Å²) in [6.45, 7) is 0. The van der Waals surface area contributed by atoms with Crippen molar-refractivity contribution in [1.82, 2.24) is 5.32 Å². The van der Waals surface area contributed by atoms with Crippen LogP contribution in [0.15, 0.2) is 35.5 Å². The smallest absolute Gasteiger partial charge is 0.138 e. The Hall–Kier alpha value is -0.510. The summed E-state index contributed by atoms with van der Waals surface area (Å²) in [5.74, 6) is 0. The zero-order chi connectivity index (χ0) is 12.5. The quantitative estimate of drug-likeness (QED) is 0.745. The monoisotopic (exact) mass is 295 g/mol. The molecule has 1 aliphatic heterocycles. The minimum absolute atomic E-state index is 0.381. The van der Waals surface area contributed by atoms with Crippen LogP contribution in [0.3, 0.4) is 0 Å². The van der Waals surface area contributed by atoms with Gasteiger partial charge in [-0.1, -0.05) is 47.7 Å². The molecule has 3 rings (SSSR count). The van der Waals surface area contributed by atoms with Crippen LogP contribution in [0.4, 0.5) is 0 Å².